The first-order valence-electron chi connectivity index (χ1n) is 10.9. The van der Waals surface area contributed by atoms with Gasteiger partial charge in [-0.05, 0) is 55.0 Å². The van der Waals surface area contributed by atoms with Crippen LogP contribution >= 0.6 is 0 Å². The molecule has 0 spiro atoms. The molecule has 0 bridgehead atoms. The molecule has 1 aromatic carbocycles. The summed E-state index contributed by atoms with van der Waals surface area (Å²) in [4.78, 5) is 39.1. The van der Waals surface area contributed by atoms with Crippen molar-refractivity contribution in [2.24, 2.45) is 5.18 Å². The highest BCUT2D eigenvalue weighted by Gasteiger charge is 2.25. The molecule has 1 N–H and O–H groups in total. The average molecular weight is 422 g/mol. The SMILES string of the molecule is CCCCOc1ccc(-c2[nH]c3cc(C(=O)N=O)nn3c(=O)c2C2CCCCC2)cc1. The normalized spacial score (nSPS) is 14.6. The molecule has 1 amide bonds. The molecule has 31 heavy (non-hydrogen) atoms. The predicted molar refractivity (Wildman–Crippen MR) is 118 cm³/mol. The van der Waals surface area contributed by atoms with Crippen LogP contribution in [0.2, 0.25) is 0 Å². The first kappa shape index (κ1) is 21.0. The number of rotatable bonds is 7. The number of hydrogen-bond acceptors (Lipinski definition) is 5. The molecule has 1 aliphatic rings. The third-order valence-corrected chi connectivity index (χ3v) is 5.88. The van der Waals surface area contributed by atoms with Gasteiger partial charge in [0.15, 0.2) is 5.69 Å². The number of H-pyrrole nitrogens is 1. The summed E-state index contributed by atoms with van der Waals surface area (Å²) in [5.41, 5.74) is 2.22. The highest BCUT2D eigenvalue weighted by molar-refractivity contribution is 5.93. The second-order valence-corrected chi connectivity index (χ2v) is 8.00. The van der Waals surface area contributed by atoms with Gasteiger partial charge in [-0.25, -0.2) is 0 Å². The monoisotopic (exact) mass is 422 g/mol. The summed E-state index contributed by atoms with van der Waals surface area (Å²) in [5, 5.41) is 6.46. The topological polar surface area (TPSA) is 106 Å². The number of aromatic amines is 1. The largest absolute Gasteiger partial charge is 0.494 e. The Morgan fingerprint density at radius 3 is 2.65 bits per heavy atom. The minimum Gasteiger partial charge on any atom is -0.494 e. The number of nitroso groups, excluding NO2 is 1. The van der Waals surface area contributed by atoms with E-state index in [1.807, 2.05) is 24.3 Å². The van der Waals surface area contributed by atoms with Gasteiger partial charge < -0.3 is 9.72 Å². The fourth-order valence-corrected chi connectivity index (χ4v) is 4.24. The van der Waals surface area contributed by atoms with Gasteiger partial charge in [0, 0.05) is 16.8 Å². The van der Waals surface area contributed by atoms with E-state index in [0.29, 0.717) is 17.8 Å². The number of carbonyl (C=O) groups is 1. The molecule has 1 aliphatic carbocycles. The van der Waals surface area contributed by atoms with E-state index >= 15 is 0 Å². The van der Waals surface area contributed by atoms with E-state index in [-0.39, 0.29) is 17.2 Å². The van der Waals surface area contributed by atoms with Crippen molar-refractivity contribution in [2.75, 3.05) is 6.61 Å². The van der Waals surface area contributed by atoms with Crippen LogP contribution in [0.1, 0.15) is 73.8 Å². The van der Waals surface area contributed by atoms with Crippen molar-refractivity contribution in [3.63, 3.8) is 0 Å². The maximum absolute atomic E-state index is 13.4. The second kappa shape index (κ2) is 9.24. The summed E-state index contributed by atoms with van der Waals surface area (Å²) in [6.45, 7) is 2.79. The van der Waals surface area contributed by atoms with Crippen LogP contribution in [0.3, 0.4) is 0 Å². The number of hydrogen-bond donors (Lipinski definition) is 1. The zero-order chi connectivity index (χ0) is 21.8. The Bertz CT molecular complexity index is 1140. The number of aromatic nitrogens is 3. The zero-order valence-corrected chi connectivity index (χ0v) is 17.6. The van der Waals surface area contributed by atoms with Crippen molar-refractivity contribution in [1.29, 1.82) is 0 Å². The summed E-state index contributed by atoms with van der Waals surface area (Å²) in [6.07, 6.45) is 7.25. The molecule has 0 saturated heterocycles. The van der Waals surface area contributed by atoms with Crippen molar-refractivity contribution >= 4 is 11.6 Å². The Balaban J connectivity index is 1.81. The first-order chi connectivity index (χ1) is 15.1. The maximum atomic E-state index is 13.4. The first-order valence-corrected chi connectivity index (χ1v) is 10.9. The fourth-order valence-electron chi connectivity index (χ4n) is 4.24. The fraction of sp³-hybridized carbons (Fsp3) is 0.435. The Labute approximate surface area is 179 Å². The Morgan fingerprint density at radius 2 is 1.97 bits per heavy atom. The molecule has 3 aromatic rings. The number of carbonyl (C=O) groups excluding carboxylic acids is 1. The molecule has 8 nitrogen and oxygen atoms in total. The lowest BCUT2D eigenvalue weighted by atomic mass is 9.83. The molecule has 0 atom stereocenters. The zero-order valence-electron chi connectivity index (χ0n) is 17.6. The van der Waals surface area contributed by atoms with Gasteiger partial charge in [-0.1, -0.05) is 32.6 Å². The molecular formula is C23H26N4O4. The molecule has 4 rings (SSSR count). The van der Waals surface area contributed by atoms with Gasteiger partial charge in [0.1, 0.15) is 11.4 Å². The van der Waals surface area contributed by atoms with Gasteiger partial charge in [-0.15, -0.1) is 4.91 Å². The standard InChI is InChI=1S/C23H26N4O4/c1-2-3-13-31-17-11-9-16(10-12-17)21-20(15-7-5-4-6-8-15)23(29)27-19(24-21)14-18(25-27)22(28)26-30/h9-12,14-15,24H,2-8,13H2,1H3. The Kier molecular flexibility index (Phi) is 6.25. The van der Waals surface area contributed by atoms with Crippen molar-refractivity contribution in [3.05, 3.63) is 56.9 Å². The molecule has 162 valence electrons. The molecule has 1 saturated carbocycles. The molecule has 0 aliphatic heterocycles. The minimum absolute atomic E-state index is 0.116. The number of benzene rings is 1. The molecule has 2 heterocycles. The van der Waals surface area contributed by atoms with Crippen molar-refractivity contribution in [3.8, 4) is 17.0 Å². The highest BCUT2D eigenvalue weighted by Crippen LogP contribution is 2.36. The minimum atomic E-state index is -0.995. The highest BCUT2D eigenvalue weighted by atomic mass is 16.5. The summed E-state index contributed by atoms with van der Waals surface area (Å²) < 4.78 is 6.93. The Morgan fingerprint density at radius 1 is 1.23 bits per heavy atom. The number of fused-ring (bicyclic) bond motifs is 1. The van der Waals surface area contributed by atoms with Gasteiger partial charge >= 0.3 is 5.91 Å². The van der Waals surface area contributed by atoms with Crippen LogP contribution in [-0.2, 0) is 0 Å². The molecule has 0 unspecified atom stereocenters. The van der Waals surface area contributed by atoms with Crippen LogP contribution < -0.4 is 10.3 Å². The molecular weight excluding hydrogens is 396 g/mol. The molecule has 1 fully saturated rings. The molecule has 8 heteroatoms. The van der Waals surface area contributed by atoms with Crippen molar-refractivity contribution in [1.82, 2.24) is 14.6 Å². The van der Waals surface area contributed by atoms with Crippen molar-refractivity contribution in [2.45, 2.75) is 57.8 Å². The predicted octanol–water partition coefficient (Wildman–Crippen LogP) is 4.82. The molecule has 0 radical (unpaired) electrons. The van der Waals surface area contributed by atoms with Crippen LogP contribution in [0.5, 0.6) is 5.75 Å². The van der Waals surface area contributed by atoms with Gasteiger partial charge in [-0.2, -0.15) is 9.61 Å². The van der Waals surface area contributed by atoms with Crippen LogP contribution in [0.15, 0.2) is 40.3 Å². The second-order valence-electron chi connectivity index (χ2n) is 8.00. The number of unbranched alkanes of at least 4 members (excludes halogenated alkanes) is 1. The van der Waals surface area contributed by atoms with Crippen LogP contribution in [0, 0.1) is 4.91 Å². The number of ether oxygens (including phenoxy) is 1. The van der Waals surface area contributed by atoms with Gasteiger partial charge in [-0.3, -0.25) is 9.59 Å². The van der Waals surface area contributed by atoms with E-state index in [0.717, 1.165) is 55.5 Å². The average Bonchev–Trinajstić information content (AvgIpc) is 3.24. The number of nitrogens with zero attached hydrogens (tertiary/aromatic N) is 3. The van der Waals surface area contributed by atoms with E-state index in [1.165, 1.54) is 17.0 Å². The lowest BCUT2D eigenvalue weighted by Gasteiger charge is -2.23. The number of amides is 1. The summed E-state index contributed by atoms with van der Waals surface area (Å²) >= 11 is 0. The van der Waals surface area contributed by atoms with E-state index < -0.39 is 5.91 Å². The van der Waals surface area contributed by atoms with E-state index in [1.54, 1.807) is 0 Å². The van der Waals surface area contributed by atoms with Gasteiger partial charge in [0.05, 0.1) is 12.3 Å². The third kappa shape index (κ3) is 4.28. The molecule has 2 aromatic heterocycles. The summed E-state index contributed by atoms with van der Waals surface area (Å²) in [5.74, 6) is -0.0927. The van der Waals surface area contributed by atoms with Gasteiger partial charge in [0.2, 0.25) is 0 Å². The smallest absolute Gasteiger partial charge is 0.336 e. The van der Waals surface area contributed by atoms with E-state index in [2.05, 4.69) is 22.2 Å². The van der Waals surface area contributed by atoms with Gasteiger partial charge in [0.25, 0.3) is 5.56 Å². The van der Waals surface area contributed by atoms with Crippen LogP contribution in [0.25, 0.3) is 16.9 Å². The van der Waals surface area contributed by atoms with Crippen molar-refractivity contribution < 1.29 is 9.53 Å². The maximum Gasteiger partial charge on any atom is 0.336 e. The lowest BCUT2D eigenvalue weighted by Crippen LogP contribution is -2.25. The summed E-state index contributed by atoms with van der Waals surface area (Å²) in [6, 6.07) is 9.07. The quantitative estimate of drug-likeness (QED) is 0.434. The lowest BCUT2D eigenvalue weighted by molar-refractivity contribution is 0.0995. The third-order valence-electron chi connectivity index (χ3n) is 5.88. The van der Waals surface area contributed by atoms with Crippen LogP contribution in [0.4, 0.5) is 0 Å². The Hall–Kier alpha value is -3.29. The summed E-state index contributed by atoms with van der Waals surface area (Å²) in [7, 11) is 0. The van der Waals surface area contributed by atoms with Crippen LogP contribution in [-0.4, -0.2) is 27.1 Å². The van der Waals surface area contributed by atoms with E-state index in [9.17, 15) is 14.5 Å². The number of nitrogens with one attached hydrogen (secondary N) is 1. The van der Waals surface area contributed by atoms with E-state index in [4.69, 9.17) is 4.74 Å².